The molecule has 6 heteroatoms. The van der Waals surface area contributed by atoms with Gasteiger partial charge in [0.05, 0.1) is 5.69 Å². The van der Waals surface area contributed by atoms with Crippen molar-refractivity contribution >= 4 is 0 Å². The SMILES string of the molecule is O=c1nc2cc3ncnc-3c(=O)c-2n1. The van der Waals surface area contributed by atoms with Crippen LogP contribution in [-0.2, 0) is 0 Å². The topological polar surface area (TPSA) is 85.7 Å². The summed E-state index contributed by atoms with van der Waals surface area (Å²) in [6.07, 6.45) is 1.29. The van der Waals surface area contributed by atoms with Gasteiger partial charge in [-0.2, -0.15) is 9.97 Å². The zero-order valence-corrected chi connectivity index (χ0v) is 6.76. The van der Waals surface area contributed by atoms with Gasteiger partial charge < -0.3 is 0 Å². The lowest BCUT2D eigenvalue weighted by molar-refractivity contribution is 1.20. The second-order valence-corrected chi connectivity index (χ2v) is 2.82. The van der Waals surface area contributed by atoms with E-state index in [1.165, 1.54) is 12.4 Å². The van der Waals surface area contributed by atoms with Gasteiger partial charge >= 0.3 is 5.69 Å². The predicted molar refractivity (Wildman–Crippen MR) is 45.8 cm³/mol. The fourth-order valence-electron chi connectivity index (χ4n) is 1.40. The molecule has 0 aromatic rings. The third-order valence-electron chi connectivity index (χ3n) is 2.00. The average molecular weight is 186 g/mol. The first-order valence-electron chi connectivity index (χ1n) is 3.84. The molecule has 0 saturated carbocycles. The Morgan fingerprint density at radius 3 is 2.64 bits per heavy atom. The largest absolute Gasteiger partial charge is 0.368 e. The zero-order valence-electron chi connectivity index (χ0n) is 6.76. The molecule has 0 aromatic carbocycles. The second-order valence-electron chi connectivity index (χ2n) is 2.82. The molecule has 2 aliphatic heterocycles. The van der Waals surface area contributed by atoms with Crippen molar-refractivity contribution < 1.29 is 0 Å². The van der Waals surface area contributed by atoms with Gasteiger partial charge in [-0.15, -0.1) is 0 Å². The standard InChI is InChI=1S/C8H2N4O2/c13-7-5-3(9-2-10-5)1-4-6(7)12-8(14)11-4/h1-2H. The monoisotopic (exact) mass is 186 g/mol. The lowest BCUT2D eigenvalue weighted by atomic mass is 10.1. The molecule has 2 heterocycles. The van der Waals surface area contributed by atoms with Crippen LogP contribution in [0.25, 0.3) is 22.8 Å². The number of hydrogen-bond donors (Lipinski definition) is 0. The number of fused-ring (bicyclic) bond motifs is 2. The average Bonchev–Trinajstić information content (AvgIpc) is 2.71. The third-order valence-corrected chi connectivity index (χ3v) is 2.00. The summed E-state index contributed by atoms with van der Waals surface area (Å²) in [6.45, 7) is 0. The second kappa shape index (κ2) is 2.16. The van der Waals surface area contributed by atoms with E-state index in [0.29, 0.717) is 5.69 Å². The van der Waals surface area contributed by atoms with Gasteiger partial charge in [0.25, 0.3) is 0 Å². The zero-order chi connectivity index (χ0) is 9.71. The highest BCUT2D eigenvalue weighted by Gasteiger charge is 2.21. The van der Waals surface area contributed by atoms with Crippen molar-refractivity contribution in [3.05, 3.63) is 33.1 Å². The molecule has 14 heavy (non-hydrogen) atoms. The van der Waals surface area contributed by atoms with Gasteiger partial charge in [-0.1, -0.05) is 0 Å². The Labute approximate surface area is 76.7 Å². The molecule has 0 amide bonds. The van der Waals surface area contributed by atoms with E-state index in [1.807, 2.05) is 0 Å². The summed E-state index contributed by atoms with van der Waals surface area (Å²) in [5.41, 5.74) is 0.00477. The molecule has 1 aliphatic carbocycles. The van der Waals surface area contributed by atoms with Crippen LogP contribution in [0, 0.1) is 0 Å². The van der Waals surface area contributed by atoms with Gasteiger partial charge in [0.15, 0.2) is 0 Å². The minimum Gasteiger partial charge on any atom is -0.285 e. The smallest absolute Gasteiger partial charge is 0.285 e. The Morgan fingerprint density at radius 1 is 0.929 bits per heavy atom. The van der Waals surface area contributed by atoms with Gasteiger partial charge in [0.2, 0.25) is 5.43 Å². The van der Waals surface area contributed by atoms with Crippen molar-refractivity contribution in [2.75, 3.05) is 0 Å². The van der Waals surface area contributed by atoms with E-state index in [9.17, 15) is 9.59 Å². The van der Waals surface area contributed by atoms with E-state index in [4.69, 9.17) is 0 Å². The highest BCUT2D eigenvalue weighted by atomic mass is 16.1. The minimum absolute atomic E-state index is 0.0722. The van der Waals surface area contributed by atoms with Crippen LogP contribution in [0.2, 0.25) is 0 Å². The summed E-state index contributed by atoms with van der Waals surface area (Å²) in [6, 6.07) is 1.54. The van der Waals surface area contributed by atoms with Crippen LogP contribution in [0.1, 0.15) is 0 Å². The van der Waals surface area contributed by atoms with Crippen LogP contribution >= 0.6 is 0 Å². The van der Waals surface area contributed by atoms with E-state index in [1.54, 1.807) is 0 Å². The van der Waals surface area contributed by atoms with Gasteiger partial charge in [0, 0.05) is 0 Å². The number of benzene rings is 1. The molecule has 0 saturated heterocycles. The summed E-state index contributed by atoms with van der Waals surface area (Å²) in [4.78, 5) is 37.2. The summed E-state index contributed by atoms with van der Waals surface area (Å²) in [5, 5.41) is 0. The predicted octanol–water partition coefficient (Wildman–Crippen LogP) is -0.928. The maximum atomic E-state index is 11.6. The van der Waals surface area contributed by atoms with Crippen LogP contribution in [0.4, 0.5) is 0 Å². The van der Waals surface area contributed by atoms with Gasteiger partial charge in [-0.05, 0) is 6.07 Å². The Morgan fingerprint density at radius 2 is 1.79 bits per heavy atom. The van der Waals surface area contributed by atoms with Crippen molar-refractivity contribution in [1.82, 2.24) is 19.9 Å². The molecule has 66 valence electrons. The molecule has 0 bridgehead atoms. The number of imidazole rings is 2. The molecule has 0 aromatic heterocycles. The van der Waals surface area contributed by atoms with Crippen LogP contribution in [0.3, 0.4) is 0 Å². The molecule has 0 atom stereocenters. The maximum Gasteiger partial charge on any atom is 0.368 e. The van der Waals surface area contributed by atoms with Crippen molar-refractivity contribution in [1.29, 1.82) is 0 Å². The molecular formula is C8H2N4O2. The summed E-state index contributed by atoms with van der Waals surface area (Å²) >= 11 is 0. The Kier molecular flexibility index (Phi) is 1.11. The lowest BCUT2D eigenvalue weighted by Gasteiger charge is -1.95. The molecular weight excluding hydrogens is 184 g/mol. The Balaban J connectivity index is 2.58. The van der Waals surface area contributed by atoms with E-state index in [-0.39, 0.29) is 22.5 Å². The third kappa shape index (κ3) is 0.743. The van der Waals surface area contributed by atoms with Gasteiger partial charge in [-0.3, -0.25) is 4.79 Å². The molecule has 6 nitrogen and oxygen atoms in total. The Bertz CT molecular complexity index is 640. The van der Waals surface area contributed by atoms with Crippen LogP contribution in [0.15, 0.2) is 22.0 Å². The number of rotatable bonds is 0. The first-order chi connectivity index (χ1) is 6.75. The fourth-order valence-corrected chi connectivity index (χ4v) is 1.40. The highest BCUT2D eigenvalue weighted by Crippen LogP contribution is 2.20. The van der Waals surface area contributed by atoms with Crippen molar-refractivity contribution in [2.45, 2.75) is 0 Å². The quantitative estimate of drug-likeness (QED) is 0.451. The Hall–Kier alpha value is -2.24. The van der Waals surface area contributed by atoms with Gasteiger partial charge in [0.1, 0.15) is 23.4 Å². The van der Waals surface area contributed by atoms with Crippen molar-refractivity contribution in [2.24, 2.45) is 0 Å². The van der Waals surface area contributed by atoms with Crippen LogP contribution < -0.4 is 11.1 Å². The molecule has 0 radical (unpaired) electrons. The first-order valence-corrected chi connectivity index (χ1v) is 3.84. The lowest BCUT2D eigenvalue weighted by Crippen LogP contribution is -2.10. The van der Waals surface area contributed by atoms with Crippen LogP contribution in [-0.4, -0.2) is 19.9 Å². The van der Waals surface area contributed by atoms with Gasteiger partial charge in [-0.25, -0.2) is 14.8 Å². The molecule has 0 fully saturated rings. The van der Waals surface area contributed by atoms with E-state index in [0.717, 1.165) is 0 Å². The van der Waals surface area contributed by atoms with Crippen molar-refractivity contribution in [3.63, 3.8) is 0 Å². The molecule has 0 N–H and O–H groups in total. The highest BCUT2D eigenvalue weighted by molar-refractivity contribution is 5.70. The van der Waals surface area contributed by atoms with E-state index < -0.39 is 5.69 Å². The molecule has 3 rings (SSSR count). The summed E-state index contributed by atoms with van der Waals surface area (Å²) in [7, 11) is 0. The molecule has 3 aliphatic rings. The normalized spacial score (nSPS) is 11.4. The fraction of sp³-hybridized carbons (Fsp3) is 0. The first kappa shape index (κ1) is 7.19. The van der Waals surface area contributed by atoms with Crippen molar-refractivity contribution in [3.8, 4) is 22.8 Å². The molecule has 0 spiro atoms. The number of nitrogens with zero attached hydrogens (tertiary/aromatic N) is 4. The maximum absolute atomic E-state index is 11.6. The number of hydrogen-bond acceptors (Lipinski definition) is 6. The summed E-state index contributed by atoms with van der Waals surface area (Å²) < 4.78 is 0. The molecule has 0 unspecified atom stereocenters. The van der Waals surface area contributed by atoms with Crippen LogP contribution in [0.5, 0.6) is 0 Å². The number of aromatic nitrogens is 4. The summed E-state index contributed by atoms with van der Waals surface area (Å²) in [5.74, 6) is 0. The van der Waals surface area contributed by atoms with E-state index in [2.05, 4.69) is 19.9 Å². The van der Waals surface area contributed by atoms with E-state index >= 15 is 0 Å². The minimum atomic E-state index is -0.648.